The van der Waals surface area contributed by atoms with Crippen LogP contribution in [0.2, 0.25) is 0 Å². The first kappa shape index (κ1) is 3.62. The third-order valence-corrected chi connectivity index (χ3v) is 0. The molecule has 4 heteroatoms. The molecule has 0 aliphatic carbocycles. The molecule has 0 unspecified atom stereocenters. The maximum Gasteiger partial charge on any atom is 0.630 e. The highest BCUT2D eigenvalue weighted by Crippen LogP contribution is 1.16. The fourth-order valence-electron chi connectivity index (χ4n) is 0. The van der Waals surface area contributed by atoms with Gasteiger partial charge >= 0.3 is 9.09 Å². The molecule has 0 amide bonds. The average molecular weight is 77.1 g/mol. The fraction of sp³-hybridized carbons (Fsp3) is 0. The third-order valence-electron chi connectivity index (χ3n) is 0. The van der Waals surface area contributed by atoms with E-state index in [0.717, 1.165) is 0 Å². The van der Waals surface area contributed by atoms with Gasteiger partial charge in [-0.05, 0) is 0 Å². The van der Waals surface area contributed by atoms with Crippen molar-refractivity contribution in [2.24, 2.45) is 5.40 Å². The van der Waals surface area contributed by atoms with Gasteiger partial charge in [0.25, 0.3) is 0 Å². The summed E-state index contributed by atoms with van der Waals surface area (Å²) in [5.41, 5.74) is 0. The van der Waals surface area contributed by atoms with E-state index < -0.39 is 9.09 Å². The molecule has 0 spiro atoms. The Hall–Kier alpha value is -0.383. The molecular weight excluding hydrogens is 74.1 g/mol. The summed E-state index contributed by atoms with van der Waals surface area (Å²) in [6.07, 6.45) is 0. The van der Waals surface area contributed by atoms with Crippen LogP contribution in [0.3, 0.4) is 0 Å². The molecule has 0 aliphatic rings. The van der Waals surface area contributed by atoms with Crippen LogP contribution >= 0.6 is 0 Å². The molecule has 3 nitrogen and oxygen atoms in total. The van der Waals surface area contributed by atoms with Crippen molar-refractivity contribution in [3.05, 3.63) is 0 Å². The SMILES string of the molecule is N[Si](=O)O. The molecule has 0 heterocycles. The van der Waals surface area contributed by atoms with E-state index in [1.165, 1.54) is 0 Å². The van der Waals surface area contributed by atoms with Crippen LogP contribution in [0.4, 0.5) is 0 Å². The van der Waals surface area contributed by atoms with Crippen LogP contribution in [0.25, 0.3) is 0 Å². The summed E-state index contributed by atoms with van der Waals surface area (Å²) in [5.74, 6) is 0. The summed E-state index contributed by atoms with van der Waals surface area (Å²) in [7, 11) is -2.63. The molecule has 0 radical (unpaired) electrons. The van der Waals surface area contributed by atoms with Crippen molar-refractivity contribution in [1.82, 2.24) is 0 Å². The van der Waals surface area contributed by atoms with Gasteiger partial charge in [-0.25, -0.2) is 0 Å². The zero-order valence-electron chi connectivity index (χ0n) is 1.93. The normalized spacial score (nSPS) is 6.00. The first-order valence-corrected chi connectivity index (χ1v) is 2.15. The van der Waals surface area contributed by atoms with Gasteiger partial charge < -0.3 is 14.7 Å². The van der Waals surface area contributed by atoms with Crippen molar-refractivity contribution in [3.63, 3.8) is 0 Å². The van der Waals surface area contributed by atoms with Gasteiger partial charge in [-0.2, -0.15) is 0 Å². The molecule has 24 valence electrons. The van der Waals surface area contributed by atoms with Gasteiger partial charge in [0.05, 0.1) is 0 Å². The van der Waals surface area contributed by atoms with Gasteiger partial charge in [0.15, 0.2) is 0 Å². The summed E-state index contributed by atoms with van der Waals surface area (Å²) < 4.78 is 8.96. The number of nitrogens with two attached hydrogens (primary N) is 1. The summed E-state index contributed by atoms with van der Waals surface area (Å²) >= 11 is 0. The smallest absolute Gasteiger partial charge is 0.525 e. The molecule has 0 rings (SSSR count). The van der Waals surface area contributed by atoms with E-state index in [1.807, 2.05) is 0 Å². The van der Waals surface area contributed by atoms with Crippen LogP contribution < -0.4 is 5.40 Å². The molecule has 4 heavy (non-hydrogen) atoms. The second-order valence-electron chi connectivity index (χ2n) is 0.338. The second kappa shape index (κ2) is 0.999. The van der Waals surface area contributed by atoms with E-state index in [0.29, 0.717) is 0 Å². The van der Waals surface area contributed by atoms with E-state index in [9.17, 15) is 0 Å². The molecule has 0 atom stereocenters. The van der Waals surface area contributed by atoms with Crippen LogP contribution in [-0.2, 0) is 4.46 Å². The summed E-state index contributed by atoms with van der Waals surface area (Å²) in [5, 5.41) is 4.21. The summed E-state index contributed by atoms with van der Waals surface area (Å²) in [4.78, 5) is 7.38. The Labute approximate surface area is 24.9 Å². The molecule has 3 N–H and O–H groups in total. The molecule has 0 aliphatic heterocycles. The molecular formula is H3NO2Si. The van der Waals surface area contributed by atoms with Crippen LogP contribution in [0, 0.1) is 0 Å². The highest BCUT2D eigenvalue weighted by Gasteiger charge is 1.77. The maximum absolute atomic E-state index is 8.96. The van der Waals surface area contributed by atoms with Crippen molar-refractivity contribution in [3.8, 4) is 0 Å². The van der Waals surface area contributed by atoms with Gasteiger partial charge in [-0.1, -0.05) is 0 Å². The van der Waals surface area contributed by atoms with Crippen molar-refractivity contribution < 1.29 is 9.26 Å². The standard InChI is InChI=1S/H3NO2Si/c1-4(2)3/h2H,1H2. The highest BCUT2D eigenvalue weighted by molar-refractivity contribution is 6.28. The second-order valence-corrected chi connectivity index (χ2v) is 1.01. The molecule has 0 aromatic carbocycles. The van der Waals surface area contributed by atoms with Crippen LogP contribution in [-0.4, -0.2) is 13.9 Å². The minimum Gasteiger partial charge on any atom is -0.525 e. The first-order chi connectivity index (χ1) is 1.73. The molecule has 0 aromatic rings. The van der Waals surface area contributed by atoms with Gasteiger partial charge in [0, 0.05) is 0 Å². The fourth-order valence-corrected chi connectivity index (χ4v) is 0. The zero-order valence-corrected chi connectivity index (χ0v) is 2.93. The largest absolute Gasteiger partial charge is 0.630 e. The van der Waals surface area contributed by atoms with Crippen molar-refractivity contribution in [2.45, 2.75) is 0 Å². The lowest BCUT2D eigenvalue weighted by molar-refractivity contribution is 0.449. The monoisotopic (exact) mass is 77.0 g/mol. The topological polar surface area (TPSA) is 63.3 Å². The molecule has 0 fully saturated rings. The van der Waals surface area contributed by atoms with E-state index in [2.05, 4.69) is 5.40 Å². The van der Waals surface area contributed by atoms with Crippen LogP contribution in [0.15, 0.2) is 0 Å². The van der Waals surface area contributed by atoms with Gasteiger partial charge in [-0.15, -0.1) is 0 Å². The van der Waals surface area contributed by atoms with Crippen molar-refractivity contribution in [1.29, 1.82) is 0 Å². The quantitative estimate of drug-likeness (QED) is 0.341. The molecule has 0 aromatic heterocycles. The van der Waals surface area contributed by atoms with E-state index >= 15 is 0 Å². The van der Waals surface area contributed by atoms with Crippen LogP contribution in [0.5, 0.6) is 0 Å². The molecule has 0 saturated heterocycles. The van der Waals surface area contributed by atoms with Crippen molar-refractivity contribution >= 4 is 9.09 Å². The van der Waals surface area contributed by atoms with E-state index in [4.69, 9.17) is 9.26 Å². The average Bonchev–Trinajstić information content (AvgIpc) is 0.811. The Balaban J connectivity index is 2.80. The summed E-state index contributed by atoms with van der Waals surface area (Å²) in [6, 6.07) is 0. The van der Waals surface area contributed by atoms with Crippen LogP contribution in [0.1, 0.15) is 0 Å². The van der Waals surface area contributed by atoms with Crippen molar-refractivity contribution in [2.75, 3.05) is 0 Å². The number of hydrogen-bond acceptors (Lipinski definition) is 1. The highest BCUT2D eigenvalue weighted by atomic mass is 28.3. The predicted molar refractivity (Wildman–Crippen MR) is 12.8 cm³/mol. The Bertz CT molecular complexity index is 29.0. The number of hydrogen-bond donors (Lipinski definition) is 2. The minimum atomic E-state index is -2.63. The third kappa shape index (κ3) is 4.19. The predicted octanol–water partition coefficient (Wildman–Crippen LogP) is -1.65. The zero-order chi connectivity index (χ0) is 3.58. The molecule has 0 saturated carbocycles. The lowest BCUT2D eigenvalue weighted by atomic mass is 13.9. The maximum atomic E-state index is 8.96. The van der Waals surface area contributed by atoms with Gasteiger partial charge in [0.1, 0.15) is 0 Å². The molecule has 0 bridgehead atoms. The first-order valence-electron chi connectivity index (χ1n) is 0.716. The minimum absolute atomic E-state index is 2.63. The van der Waals surface area contributed by atoms with Gasteiger partial charge in [0.2, 0.25) is 0 Å². The lowest BCUT2D eigenvalue weighted by Gasteiger charge is -1.56. The number of rotatable bonds is 0. The van der Waals surface area contributed by atoms with Gasteiger partial charge in [-0.3, -0.25) is 0 Å². The Morgan fingerprint density at radius 3 is 2.00 bits per heavy atom. The Kier molecular flexibility index (Phi) is 0.903. The lowest BCUT2D eigenvalue weighted by Crippen LogP contribution is -2.10. The van der Waals surface area contributed by atoms with E-state index in [-0.39, 0.29) is 0 Å². The Morgan fingerprint density at radius 2 is 2.00 bits per heavy atom. The summed E-state index contributed by atoms with van der Waals surface area (Å²) in [6.45, 7) is 0. The Morgan fingerprint density at radius 1 is 2.00 bits per heavy atom. The van der Waals surface area contributed by atoms with E-state index in [1.54, 1.807) is 0 Å².